The SMILES string of the molecule is COc1cc([C@H]2O[C@@H](c3ccc4c(c3)OCO4)[C@@H](C)[C@H]2C)ccc1O. The van der Waals surface area contributed by atoms with Gasteiger partial charge in [0.15, 0.2) is 23.0 Å². The number of benzene rings is 2. The quantitative estimate of drug-likeness (QED) is 0.905. The van der Waals surface area contributed by atoms with E-state index in [9.17, 15) is 5.11 Å². The fraction of sp³-hybridized carbons (Fsp3) is 0.400. The molecule has 2 aromatic carbocycles. The van der Waals surface area contributed by atoms with E-state index in [1.807, 2.05) is 30.3 Å². The second-order valence-electron chi connectivity index (χ2n) is 6.74. The molecular weight excluding hydrogens is 320 g/mol. The maximum atomic E-state index is 9.82. The Morgan fingerprint density at radius 1 is 0.920 bits per heavy atom. The van der Waals surface area contributed by atoms with Gasteiger partial charge in [-0.3, -0.25) is 0 Å². The molecule has 0 saturated carbocycles. The number of hydrogen-bond donors (Lipinski definition) is 1. The number of methoxy groups -OCH3 is 1. The molecule has 4 atom stereocenters. The number of aromatic hydroxyl groups is 1. The molecule has 0 aromatic heterocycles. The zero-order chi connectivity index (χ0) is 17.6. The number of hydrogen-bond acceptors (Lipinski definition) is 5. The summed E-state index contributed by atoms with van der Waals surface area (Å²) < 4.78 is 22.5. The number of phenols is 1. The van der Waals surface area contributed by atoms with Crippen LogP contribution in [0.15, 0.2) is 36.4 Å². The zero-order valence-corrected chi connectivity index (χ0v) is 14.6. The molecule has 132 valence electrons. The van der Waals surface area contributed by atoms with Gasteiger partial charge in [0.1, 0.15) is 0 Å². The largest absolute Gasteiger partial charge is 0.504 e. The Morgan fingerprint density at radius 2 is 1.56 bits per heavy atom. The van der Waals surface area contributed by atoms with Crippen molar-refractivity contribution in [1.29, 1.82) is 0 Å². The van der Waals surface area contributed by atoms with E-state index in [-0.39, 0.29) is 24.8 Å². The van der Waals surface area contributed by atoms with Crippen LogP contribution in [0.25, 0.3) is 0 Å². The highest BCUT2D eigenvalue weighted by Crippen LogP contribution is 2.50. The molecule has 2 heterocycles. The van der Waals surface area contributed by atoms with Gasteiger partial charge >= 0.3 is 0 Å². The summed E-state index contributed by atoms with van der Waals surface area (Å²) in [6.45, 7) is 4.67. The predicted octanol–water partition coefficient (Wildman–Crippen LogP) is 4.21. The number of fused-ring (bicyclic) bond motifs is 1. The topological polar surface area (TPSA) is 57.2 Å². The second-order valence-corrected chi connectivity index (χ2v) is 6.74. The second kappa shape index (κ2) is 6.15. The molecule has 0 aliphatic carbocycles. The first-order valence-electron chi connectivity index (χ1n) is 8.50. The van der Waals surface area contributed by atoms with Crippen molar-refractivity contribution in [3.8, 4) is 23.0 Å². The molecule has 0 radical (unpaired) electrons. The van der Waals surface area contributed by atoms with Crippen LogP contribution < -0.4 is 14.2 Å². The molecule has 4 rings (SSSR count). The minimum Gasteiger partial charge on any atom is -0.504 e. The van der Waals surface area contributed by atoms with Crippen molar-refractivity contribution in [2.45, 2.75) is 26.1 Å². The molecule has 0 unspecified atom stereocenters. The molecule has 25 heavy (non-hydrogen) atoms. The summed E-state index contributed by atoms with van der Waals surface area (Å²) in [6.07, 6.45) is -0.0748. The van der Waals surface area contributed by atoms with Crippen molar-refractivity contribution in [3.63, 3.8) is 0 Å². The fourth-order valence-corrected chi connectivity index (χ4v) is 3.68. The number of phenolic OH excluding ortho intramolecular Hbond substituents is 1. The summed E-state index contributed by atoms with van der Waals surface area (Å²) in [5.41, 5.74) is 2.11. The Morgan fingerprint density at radius 3 is 2.28 bits per heavy atom. The maximum Gasteiger partial charge on any atom is 0.231 e. The Kier molecular flexibility index (Phi) is 3.96. The molecule has 5 heteroatoms. The van der Waals surface area contributed by atoms with Crippen molar-refractivity contribution in [1.82, 2.24) is 0 Å². The normalized spacial score (nSPS) is 27.5. The van der Waals surface area contributed by atoms with Gasteiger partial charge in [-0.25, -0.2) is 0 Å². The third kappa shape index (κ3) is 2.68. The van der Waals surface area contributed by atoms with Crippen LogP contribution in [0, 0.1) is 11.8 Å². The van der Waals surface area contributed by atoms with Crippen LogP contribution in [0.3, 0.4) is 0 Å². The lowest BCUT2D eigenvalue weighted by Gasteiger charge is -2.17. The van der Waals surface area contributed by atoms with Crippen molar-refractivity contribution < 1.29 is 24.1 Å². The van der Waals surface area contributed by atoms with Crippen LogP contribution in [0.4, 0.5) is 0 Å². The molecule has 1 saturated heterocycles. The van der Waals surface area contributed by atoms with Gasteiger partial charge in [-0.2, -0.15) is 0 Å². The van der Waals surface area contributed by atoms with Gasteiger partial charge in [0.25, 0.3) is 0 Å². The summed E-state index contributed by atoms with van der Waals surface area (Å²) in [5, 5.41) is 9.82. The Hall–Kier alpha value is -2.40. The first kappa shape index (κ1) is 16.1. The van der Waals surface area contributed by atoms with Crippen LogP contribution in [-0.2, 0) is 4.74 Å². The van der Waals surface area contributed by atoms with E-state index in [4.69, 9.17) is 18.9 Å². The van der Waals surface area contributed by atoms with Crippen LogP contribution in [0.1, 0.15) is 37.2 Å². The van der Waals surface area contributed by atoms with E-state index < -0.39 is 0 Å². The Balaban J connectivity index is 1.63. The Labute approximate surface area is 147 Å². The summed E-state index contributed by atoms with van der Waals surface area (Å²) in [6, 6.07) is 11.4. The van der Waals surface area contributed by atoms with Crippen molar-refractivity contribution in [2.75, 3.05) is 13.9 Å². The van der Waals surface area contributed by atoms with Gasteiger partial charge < -0.3 is 24.1 Å². The minimum absolute atomic E-state index is 0.0192. The molecule has 1 fully saturated rings. The molecule has 1 N–H and O–H groups in total. The van der Waals surface area contributed by atoms with E-state index in [1.54, 1.807) is 13.2 Å². The predicted molar refractivity (Wildman–Crippen MR) is 92.1 cm³/mol. The molecule has 2 aliphatic rings. The zero-order valence-electron chi connectivity index (χ0n) is 14.6. The third-order valence-corrected chi connectivity index (χ3v) is 5.34. The highest BCUT2D eigenvalue weighted by Gasteiger charge is 2.41. The van der Waals surface area contributed by atoms with Gasteiger partial charge in [0.05, 0.1) is 19.3 Å². The van der Waals surface area contributed by atoms with E-state index in [1.165, 1.54) is 0 Å². The van der Waals surface area contributed by atoms with Crippen molar-refractivity contribution >= 4 is 0 Å². The van der Waals surface area contributed by atoms with Crippen LogP contribution in [0.2, 0.25) is 0 Å². The monoisotopic (exact) mass is 342 g/mol. The summed E-state index contributed by atoms with van der Waals surface area (Å²) >= 11 is 0. The summed E-state index contributed by atoms with van der Waals surface area (Å²) in [7, 11) is 1.55. The molecule has 0 spiro atoms. The first-order valence-corrected chi connectivity index (χ1v) is 8.50. The smallest absolute Gasteiger partial charge is 0.231 e. The molecule has 0 amide bonds. The van der Waals surface area contributed by atoms with Crippen molar-refractivity contribution in [2.24, 2.45) is 11.8 Å². The summed E-state index contributed by atoms with van der Waals surface area (Å²) in [4.78, 5) is 0. The molecule has 2 aliphatic heterocycles. The van der Waals surface area contributed by atoms with Crippen molar-refractivity contribution in [3.05, 3.63) is 47.5 Å². The van der Waals surface area contributed by atoms with Gasteiger partial charge in [0.2, 0.25) is 6.79 Å². The van der Waals surface area contributed by atoms with E-state index in [0.717, 1.165) is 22.6 Å². The molecular formula is C20H22O5. The molecule has 0 bridgehead atoms. The van der Waals surface area contributed by atoms with Gasteiger partial charge in [-0.1, -0.05) is 26.0 Å². The van der Waals surface area contributed by atoms with Crippen LogP contribution >= 0.6 is 0 Å². The van der Waals surface area contributed by atoms with Gasteiger partial charge in [-0.05, 0) is 47.2 Å². The van der Waals surface area contributed by atoms with Crippen LogP contribution in [0.5, 0.6) is 23.0 Å². The summed E-state index contributed by atoms with van der Waals surface area (Å²) in [5.74, 6) is 2.82. The Bertz CT molecular complexity index is 767. The third-order valence-electron chi connectivity index (χ3n) is 5.34. The highest BCUT2D eigenvalue weighted by atomic mass is 16.7. The minimum atomic E-state index is -0.0556. The highest BCUT2D eigenvalue weighted by molar-refractivity contribution is 5.46. The standard InChI is InChI=1S/C20H22O5/c1-11-12(2)20(14-5-7-16-18(9-14)24-10-23-16)25-19(11)13-4-6-15(21)17(8-13)22-3/h4-9,11-12,19-21H,10H2,1-3H3/t11-,12+,19+,20-/m1/s1. The lowest BCUT2D eigenvalue weighted by atomic mass is 9.85. The van der Waals surface area contributed by atoms with Gasteiger partial charge in [0, 0.05) is 0 Å². The number of ether oxygens (including phenoxy) is 4. The maximum absolute atomic E-state index is 9.82. The van der Waals surface area contributed by atoms with E-state index in [0.29, 0.717) is 17.6 Å². The lowest BCUT2D eigenvalue weighted by molar-refractivity contribution is 0.0288. The van der Waals surface area contributed by atoms with Crippen LogP contribution in [-0.4, -0.2) is 19.0 Å². The fourth-order valence-electron chi connectivity index (χ4n) is 3.68. The van der Waals surface area contributed by atoms with Gasteiger partial charge in [-0.15, -0.1) is 0 Å². The molecule has 2 aromatic rings. The first-order chi connectivity index (χ1) is 12.1. The van der Waals surface area contributed by atoms with E-state index >= 15 is 0 Å². The molecule has 5 nitrogen and oxygen atoms in total. The number of rotatable bonds is 3. The average molecular weight is 342 g/mol. The lowest BCUT2D eigenvalue weighted by Crippen LogP contribution is -2.09. The average Bonchev–Trinajstić information content (AvgIpc) is 3.20. The van der Waals surface area contributed by atoms with E-state index in [2.05, 4.69) is 13.8 Å².